The SMILES string of the molecule is CCCCN1C(=O)N[C@@H](c2cccc(NC(=O)/C=C/c3ccc([N+](=O)[O-])cc3)c2)C(C(=O)OCC)=C1c1ccccc1. The van der Waals surface area contributed by atoms with Gasteiger partial charge >= 0.3 is 12.0 Å². The summed E-state index contributed by atoms with van der Waals surface area (Å²) in [5, 5.41) is 16.6. The summed E-state index contributed by atoms with van der Waals surface area (Å²) in [6.45, 7) is 4.35. The number of esters is 1. The van der Waals surface area contributed by atoms with Gasteiger partial charge in [0.15, 0.2) is 0 Å². The van der Waals surface area contributed by atoms with Gasteiger partial charge in [-0.2, -0.15) is 0 Å². The van der Waals surface area contributed by atoms with Gasteiger partial charge < -0.3 is 15.4 Å². The fraction of sp³-hybridized carbons (Fsp3) is 0.219. The lowest BCUT2D eigenvalue weighted by atomic mass is 9.91. The quantitative estimate of drug-likeness (QED) is 0.125. The molecule has 4 rings (SSSR count). The molecule has 1 heterocycles. The van der Waals surface area contributed by atoms with Crippen LogP contribution in [0.15, 0.2) is 90.5 Å². The standard InChI is InChI=1S/C32H32N4O6/c1-3-5-20-35-30(23-10-7-6-8-11-23)28(31(38)42-4-2)29(34-32(35)39)24-12-9-13-25(21-24)33-27(37)19-16-22-14-17-26(18-15-22)36(40)41/h6-19,21,29H,3-5,20H2,1-2H3,(H,33,37)(H,34,39)/b19-16+/t29-/m0/s1. The second kappa shape index (κ2) is 13.9. The van der Waals surface area contributed by atoms with E-state index in [1.165, 1.54) is 18.2 Å². The van der Waals surface area contributed by atoms with Crippen molar-refractivity contribution in [3.63, 3.8) is 0 Å². The van der Waals surface area contributed by atoms with Gasteiger partial charge in [-0.25, -0.2) is 9.59 Å². The topological polar surface area (TPSA) is 131 Å². The minimum atomic E-state index is -0.822. The monoisotopic (exact) mass is 568 g/mol. The molecule has 3 amide bonds. The van der Waals surface area contributed by atoms with Gasteiger partial charge in [0.1, 0.15) is 0 Å². The molecular formula is C32H32N4O6. The summed E-state index contributed by atoms with van der Waals surface area (Å²) in [5.41, 5.74) is 3.16. The van der Waals surface area contributed by atoms with E-state index in [1.807, 2.05) is 37.3 Å². The van der Waals surface area contributed by atoms with E-state index >= 15 is 0 Å². The van der Waals surface area contributed by atoms with Gasteiger partial charge in [-0.3, -0.25) is 19.8 Å². The van der Waals surface area contributed by atoms with E-state index in [2.05, 4.69) is 10.6 Å². The minimum Gasteiger partial charge on any atom is -0.463 e. The molecule has 0 spiro atoms. The zero-order chi connectivity index (χ0) is 30.1. The maximum absolute atomic E-state index is 13.5. The molecule has 216 valence electrons. The number of amides is 3. The predicted molar refractivity (Wildman–Crippen MR) is 160 cm³/mol. The number of nitro benzene ring substituents is 1. The molecule has 42 heavy (non-hydrogen) atoms. The van der Waals surface area contributed by atoms with Gasteiger partial charge in [0, 0.05) is 30.4 Å². The lowest BCUT2D eigenvalue weighted by Crippen LogP contribution is -2.48. The highest BCUT2D eigenvalue weighted by atomic mass is 16.6. The summed E-state index contributed by atoms with van der Waals surface area (Å²) >= 11 is 0. The second-order valence-corrected chi connectivity index (χ2v) is 9.53. The van der Waals surface area contributed by atoms with Gasteiger partial charge in [0.05, 0.1) is 28.8 Å². The van der Waals surface area contributed by atoms with E-state index in [4.69, 9.17) is 4.74 Å². The number of non-ortho nitro benzene ring substituents is 1. The van der Waals surface area contributed by atoms with Crippen molar-refractivity contribution in [1.82, 2.24) is 10.2 Å². The van der Waals surface area contributed by atoms with Crippen LogP contribution in [-0.4, -0.2) is 40.9 Å². The number of hydrogen-bond acceptors (Lipinski definition) is 6. The smallest absolute Gasteiger partial charge is 0.338 e. The van der Waals surface area contributed by atoms with E-state index in [9.17, 15) is 24.5 Å². The number of carbonyl (C=O) groups is 3. The number of urea groups is 1. The van der Waals surface area contributed by atoms with Crippen LogP contribution in [0.2, 0.25) is 0 Å². The van der Waals surface area contributed by atoms with Crippen molar-refractivity contribution < 1.29 is 24.0 Å². The van der Waals surface area contributed by atoms with Gasteiger partial charge in [0.25, 0.3) is 5.69 Å². The first-order valence-electron chi connectivity index (χ1n) is 13.7. The molecular weight excluding hydrogens is 536 g/mol. The number of carbonyl (C=O) groups excluding carboxylic acids is 3. The molecule has 0 saturated heterocycles. The highest BCUT2D eigenvalue weighted by Crippen LogP contribution is 2.37. The number of benzene rings is 3. The number of anilines is 1. The molecule has 1 aliphatic rings. The van der Waals surface area contributed by atoms with Crippen molar-refractivity contribution in [3.05, 3.63) is 117 Å². The summed E-state index contributed by atoms with van der Waals surface area (Å²) in [6.07, 6.45) is 4.48. The van der Waals surface area contributed by atoms with Crippen molar-refractivity contribution in [2.45, 2.75) is 32.7 Å². The van der Waals surface area contributed by atoms with Crippen LogP contribution in [0.1, 0.15) is 49.4 Å². The third kappa shape index (κ3) is 7.08. The molecule has 3 aromatic rings. The molecule has 1 aliphatic heterocycles. The van der Waals surface area contributed by atoms with Gasteiger partial charge in [-0.05, 0) is 60.4 Å². The van der Waals surface area contributed by atoms with Crippen LogP contribution in [0.25, 0.3) is 11.8 Å². The Morgan fingerprint density at radius 3 is 2.45 bits per heavy atom. The number of ether oxygens (including phenoxy) is 1. The van der Waals surface area contributed by atoms with E-state index in [0.717, 1.165) is 18.4 Å². The second-order valence-electron chi connectivity index (χ2n) is 9.53. The average molecular weight is 569 g/mol. The first-order valence-corrected chi connectivity index (χ1v) is 13.7. The molecule has 0 bridgehead atoms. The molecule has 1 atom stereocenters. The Balaban J connectivity index is 1.67. The van der Waals surface area contributed by atoms with Gasteiger partial charge in [-0.1, -0.05) is 55.8 Å². The Morgan fingerprint density at radius 1 is 1.05 bits per heavy atom. The van der Waals surface area contributed by atoms with Crippen molar-refractivity contribution in [2.24, 2.45) is 0 Å². The molecule has 0 aromatic heterocycles. The largest absolute Gasteiger partial charge is 0.463 e. The Morgan fingerprint density at radius 2 is 1.79 bits per heavy atom. The van der Waals surface area contributed by atoms with E-state index in [0.29, 0.717) is 34.6 Å². The Bertz CT molecular complexity index is 1520. The number of hydrogen-bond donors (Lipinski definition) is 2. The van der Waals surface area contributed by atoms with Crippen LogP contribution >= 0.6 is 0 Å². The maximum atomic E-state index is 13.5. The minimum absolute atomic E-state index is 0.0386. The van der Waals surface area contributed by atoms with E-state index < -0.39 is 22.8 Å². The maximum Gasteiger partial charge on any atom is 0.338 e. The van der Waals surface area contributed by atoms with Crippen molar-refractivity contribution >= 4 is 41.1 Å². The summed E-state index contributed by atoms with van der Waals surface area (Å²) in [6, 6.07) is 20.9. The highest BCUT2D eigenvalue weighted by Gasteiger charge is 2.38. The fourth-order valence-corrected chi connectivity index (χ4v) is 4.63. The molecule has 0 unspecified atom stereocenters. The third-order valence-electron chi connectivity index (χ3n) is 6.62. The number of nitrogens with zero attached hydrogens (tertiary/aromatic N) is 2. The zero-order valence-corrected chi connectivity index (χ0v) is 23.4. The first-order chi connectivity index (χ1) is 20.3. The van der Waals surface area contributed by atoms with Crippen LogP contribution < -0.4 is 10.6 Å². The van der Waals surface area contributed by atoms with Crippen LogP contribution in [0, 0.1) is 10.1 Å². The summed E-state index contributed by atoms with van der Waals surface area (Å²) in [5.74, 6) is -0.960. The Kier molecular flexibility index (Phi) is 9.83. The fourth-order valence-electron chi connectivity index (χ4n) is 4.63. The Hall–Kier alpha value is -5.25. The molecule has 10 nitrogen and oxygen atoms in total. The molecule has 0 radical (unpaired) electrons. The van der Waals surface area contributed by atoms with E-state index in [-0.39, 0.29) is 18.3 Å². The molecule has 0 aliphatic carbocycles. The van der Waals surface area contributed by atoms with Crippen molar-refractivity contribution in [1.29, 1.82) is 0 Å². The van der Waals surface area contributed by atoms with Crippen LogP contribution in [0.3, 0.4) is 0 Å². The molecule has 10 heteroatoms. The summed E-state index contributed by atoms with van der Waals surface area (Å²) in [7, 11) is 0. The lowest BCUT2D eigenvalue weighted by Gasteiger charge is -2.37. The van der Waals surface area contributed by atoms with Gasteiger partial charge in [-0.15, -0.1) is 0 Å². The van der Waals surface area contributed by atoms with Crippen molar-refractivity contribution in [3.8, 4) is 0 Å². The molecule has 3 aromatic carbocycles. The van der Waals surface area contributed by atoms with Crippen LogP contribution in [0.4, 0.5) is 16.2 Å². The first kappa shape index (κ1) is 29.7. The number of nitro groups is 1. The average Bonchev–Trinajstić information content (AvgIpc) is 2.99. The normalized spacial score (nSPS) is 15.0. The number of unbranched alkanes of at least 4 members (excludes halogenated alkanes) is 1. The van der Waals surface area contributed by atoms with Gasteiger partial charge in [0.2, 0.25) is 5.91 Å². The van der Waals surface area contributed by atoms with Crippen molar-refractivity contribution in [2.75, 3.05) is 18.5 Å². The number of nitrogens with one attached hydrogen (secondary N) is 2. The summed E-state index contributed by atoms with van der Waals surface area (Å²) in [4.78, 5) is 51.5. The summed E-state index contributed by atoms with van der Waals surface area (Å²) < 4.78 is 5.47. The van der Waals surface area contributed by atoms with E-state index in [1.54, 1.807) is 54.3 Å². The van der Waals surface area contributed by atoms with Crippen LogP contribution in [-0.2, 0) is 14.3 Å². The predicted octanol–water partition coefficient (Wildman–Crippen LogP) is 6.09. The lowest BCUT2D eigenvalue weighted by molar-refractivity contribution is -0.384. The highest BCUT2D eigenvalue weighted by molar-refractivity contribution is 6.05. The number of rotatable bonds is 11. The Labute approximate surface area is 243 Å². The molecule has 2 N–H and O–H groups in total. The zero-order valence-electron chi connectivity index (χ0n) is 23.4. The third-order valence-corrected chi connectivity index (χ3v) is 6.62. The van der Waals surface area contributed by atoms with Crippen LogP contribution in [0.5, 0.6) is 0 Å². The molecule has 0 saturated carbocycles. The molecule has 0 fully saturated rings.